The smallest absolute Gasteiger partial charge is 0.0708 e. The topological polar surface area (TPSA) is 59.1 Å². The molecule has 3 heteroatoms. The largest absolute Gasteiger partial charge is 0.396 e. The maximum absolute atomic E-state index is 9.33. The number of hydrogen-bond donors (Lipinski definition) is 2. The van der Waals surface area contributed by atoms with Crippen LogP contribution in [0.1, 0.15) is 17.2 Å². The molecule has 1 aromatic carbocycles. The standard InChI is InChI=1S/C13H16N2O/c1-9-6-12(10(7-14)8-16)11-4-2-3-5-13(11)15-9/h2-6,10,16H,7-8,14H2,1H3. The number of aliphatic hydroxyl groups excluding tert-OH is 1. The first-order chi connectivity index (χ1) is 7.76. The average Bonchev–Trinajstić information content (AvgIpc) is 2.30. The number of fused-ring (bicyclic) bond motifs is 1. The van der Waals surface area contributed by atoms with Crippen molar-refractivity contribution < 1.29 is 5.11 Å². The van der Waals surface area contributed by atoms with Crippen LogP contribution in [0.15, 0.2) is 30.3 Å². The Hall–Kier alpha value is -1.45. The second-order valence-electron chi connectivity index (χ2n) is 3.99. The lowest BCUT2D eigenvalue weighted by atomic mass is 9.95. The molecule has 84 valence electrons. The van der Waals surface area contributed by atoms with Crippen molar-refractivity contribution in [2.75, 3.05) is 13.2 Å². The lowest BCUT2D eigenvalue weighted by Crippen LogP contribution is -2.16. The number of hydrogen-bond acceptors (Lipinski definition) is 3. The molecule has 0 bridgehead atoms. The Kier molecular flexibility index (Phi) is 3.17. The quantitative estimate of drug-likeness (QED) is 0.819. The van der Waals surface area contributed by atoms with Crippen molar-refractivity contribution in [3.05, 3.63) is 41.6 Å². The molecule has 0 spiro atoms. The molecule has 3 N–H and O–H groups in total. The molecule has 1 aromatic heterocycles. The molecular weight excluding hydrogens is 200 g/mol. The second-order valence-corrected chi connectivity index (χ2v) is 3.99. The number of nitrogens with two attached hydrogens (primary N) is 1. The highest BCUT2D eigenvalue weighted by Gasteiger charge is 2.12. The maximum atomic E-state index is 9.33. The highest BCUT2D eigenvalue weighted by atomic mass is 16.3. The molecular formula is C13H16N2O. The van der Waals surface area contributed by atoms with Gasteiger partial charge in [0.2, 0.25) is 0 Å². The van der Waals surface area contributed by atoms with Crippen LogP contribution in [0.4, 0.5) is 0 Å². The minimum atomic E-state index is -0.00778. The van der Waals surface area contributed by atoms with E-state index >= 15 is 0 Å². The Morgan fingerprint density at radius 2 is 2.12 bits per heavy atom. The Bertz CT molecular complexity index is 492. The van der Waals surface area contributed by atoms with Crippen molar-refractivity contribution in [1.29, 1.82) is 0 Å². The predicted molar refractivity (Wildman–Crippen MR) is 65.4 cm³/mol. The van der Waals surface area contributed by atoms with E-state index in [4.69, 9.17) is 5.73 Å². The van der Waals surface area contributed by atoms with Crippen LogP contribution in [-0.2, 0) is 0 Å². The van der Waals surface area contributed by atoms with Gasteiger partial charge in [-0.05, 0) is 24.6 Å². The fourth-order valence-electron chi connectivity index (χ4n) is 1.98. The van der Waals surface area contributed by atoms with E-state index in [1.165, 1.54) is 0 Å². The summed E-state index contributed by atoms with van der Waals surface area (Å²) < 4.78 is 0. The molecule has 1 heterocycles. The van der Waals surface area contributed by atoms with E-state index in [0.717, 1.165) is 22.2 Å². The van der Waals surface area contributed by atoms with Crippen LogP contribution >= 0.6 is 0 Å². The van der Waals surface area contributed by atoms with Gasteiger partial charge in [-0.15, -0.1) is 0 Å². The fraction of sp³-hybridized carbons (Fsp3) is 0.308. The third-order valence-electron chi connectivity index (χ3n) is 2.82. The summed E-state index contributed by atoms with van der Waals surface area (Å²) in [4.78, 5) is 4.46. The van der Waals surface area contributed by atoms with E-state index in [-0.39, 0.29) is 12.5 Å². The Labute approximate surface area is 94.9 Å². The molecule has 2 aromatic rings. The van der Waals surface area contributed by atoms with Gasteiger partial charge in [-0.2, -0.15) is 0 Å². The Balaban J connectivity index is 2.66. The van der Waals surface area contributed by atoms with Crippen molar-refractivity contribution >= 4 is 10.9 Å². The molecule has 0 aliphatic carbocycles. The summed E-state index contributed by atoms with van der Waals surface area (Å²) in [6.45, 7) is 2.48. The fourth-order valence-corrected chi connectivity index (χ4v) is 1.98. The molecule has 0 aliphatic heterocycles. The van der Waals surface area contributed by atoms with E-state index in [0.29, 0.717) is 6.54 Å². The highest BCUT2D eigenvalue weighted by Crippen LogP contribution is 2.24. The van der Waals surface area contributed by atoms with E-state index in [2.05, 4.69) is 4.98 Å². The zero-order valence-corrected chi connectivity index (χ0v) is 9.35. The number of pyridine rings is 1. The van der Waals surface area contributed by atoms with E-state index in [9.17, 15) is 5.11 Å². The molecule has 0 amide bonds. The number of para-hydroxylation sites is 1. The van der Waals surface area contributed by atoms with Gasteiger partial charge in [-0.25, -0.2) is 0 Å². The average molecular weight is 216 g/mol. The van der Waals surface area contributed by atoms with Crippen LogP contribution in [0, 0.1) is 6.92 Å². The van der Waals surface area contributed by atoms with Crippen molar-refractivity contribution in [2.45, 2.75) is 12.8 Å². The molecule has 0 radical (unpaired) electrons. The highest BCUT2D eigenvalue weighted by molar-refractivity contribution is 5.82. The van der Waals surface area contributed by atoms with Gasteiger partial charge >= 0.3 is 0 Å². The van der Waals surface area contributed by atoms with Crippen LogP contribution in [0.5, 0.6) is 0 Å². The lowest BCUT2D eigenvalue weighted by Gasteiger charge is -2.15. The van der Waals surface area contributed by atoms with Crippen molar-refractivity contribution in [3.63, 3.8) is 0 Å². The van der Waals surface area contributed by atoms with Crippen molar-refractivity contribution in [1.82, 2.24) is 4.98 Å². The Morgan fingerprint density at radius 3 is 2.81 bits per heavy atom. The van der Waals surface area contributed by atoms with Crippen LogP contribution < -0.4 is 5.73 Å². The lowest BCUT2D eigenvalue weighted by molar-refractivity contribution is 0.268. The molecule has 16 heavy (non-hydrogen) atoms. The van der Waals surface area contributed by atoms with Crippen molar-refractivity contribution in [3.8, 4) is 0 Å². The number of aliphatic hydroxyl groups is 1. The van der Waals surface area contributed by atoms with E-state index in [1.54, 1.807) is 0 Å². The molecule has 3 nitrogen and oxygen atoms in total. The minimum absolute atomic E-state index is 0.00778. The monoisotopic (exact) mass is 216 g/mol. The molecule has 0 saturated carbocycles. The van der Waals surface area contributed by atoms with Gasteiger partial charge in [0.1, 0.15) is 0 Å². The summed E-state index contributed by atoms with van der Waals surface area (Å²) in [5, 5.41) is 10.4. The normalized spacial score (nSPS) is 12.9. The number of aromatic nitrogens is 1. The van der Waals surface area contributed by atoms with Gasteiger partial charge < -0.3 is 10.8 Å². The summed E-state index contributed by atoms with van der Waals surface area (Å²) in [5.74, 6) is -0.00778. The molecule has 2 rings (SSSR count). The van der Waals surface area contributed by atoms with Crippen LogP contribution in [0.3, 0.4) is 0 Å². The summed E-state index contributed by atoms with van der Waals surface area (Å²) in [6.07, 6.45) is 0. The first-order valence-electron chi connectivity index (χ1n) is 5.43. The summed E-state index contributed by atoms with van der Waals surface area (Å²) >= 11 is 0. The van der Waals surface area contributed by atoms with Crippen LogP contribution in [-0.4, -0.2) is 23.2 Å². The summed E-state index contributed by atoms with van der Waals surface area (Å²) in [7, 11) is 0. The van der Waals surface area contributed by atoms with Gasteiger partial charge in [-0.3, -0.25) is 4.98 Å². The molecule has 0 saturated heterocycles. The molecule has 0 aliphatic rings. The second kappa shape index (κ2) is 4.60. The van der Waals surface area contributed by atoms with Gasteiger partial charge in [0.15, 0.2) is 0 Å². The van der Waals surface area contributed by atoms with E-state index < -0.39 is 0 Å². The minimum Gasteiger partial charge on any atom is -0.396 e. The van der Waals surface area contributed by atoms with Crippen molar-refractivity contribution in [2.24, 2.45) is 5.73 Å². The van der Waals surface area contributed by atoms with Crippen LogP contribution in [0.25, 0.3) is 10.9 Å². The number of rotatable bonds is 3. The zero-order chi connectivity index (χ0) is 11.5. The first-order valence-corrected chi connectivity index (χ1v) is 5.43. The van der Waals surface area contributed by atoms with Gasteiger partial charge in [0, 0.05) is 23.5 Å². The predicted octanol–water partition coefficient (Wildman–Crippen LogP) is 1.58. The van der Waals surface area contributed by atoms with Crippen LogP contribution in [0.2, 0.25) is 0 Å². The van der Waals surface area contributed by atoms with E-state index in [1.807, 2.05) is 37.3 Å². The number of nitrogens with zero attached hydrogens (tertiary/aromatic N) is 1. The summed E-state index contributed by atoms with van der Waals surface area (Å²) in [5.41, 5.74) is 8.69. The SMILES string of the molecule is Cc1cc(C(CN)CO)c2ccccc2n1. The number of benzene rings is 1. The first kappa shape index (κ1) is 11.0. The Morgan fingerprint density at radius 1 is 1.38 bits per heavy atom. The third-order valence-corrected chi connectivity index (χ3v) is 2.82. The van der Waals surface area contributed by atoms with Gasteiger partial charge in [0.05, 0.1) is 12.1 Å². The number of aryl methyl sites for hydroxylation is 1. The van der Waals surface area contributed by atoms with Gasteiger partial charge in [-0.1, -0.05) is 18.2 Å². The third kappa shape index (κ3) is 1.92. The molecule has 1 atom stereocenters. The zero-order valence-electron chi connectivity index (χ0n) is 9.35. The maximum Gasteiger partial charge on any atom is 0.0708 e. The molecule has 0 fully saturated rings. The van der Waals surface area contributed by atoms with Gasteiger partial charge in [0.25, 0.3) is 0 Å². The molecule has 1 unspecified atom stereocenters. The summed E-state index contributed by atoms with van der Waals surface area (Å²) in [6, 6.07) is 9.96.